The summed E-state index contributed by atoms with van der Waals surface area (Å²) in [5.41, 5.74) is 4.04. The van der Waals surface area contributed by atoms with Crippen LogP contribution >= 0.6 is 15.9 Å². The van der Waals surface area contributed by atoms with Gasteiger partial charge in [0.1, 0.15) is 11.5 Å². The first-order chi connectivity index (χ1) is 9.31. The molecule has 1 aromatic carbocycles. The third kappa shape index (κ3) is 2.29. The molecule has 0 saturated heterocycles. The second-order valence-corrected chi connectivity index (χ2v) is 5.41. The Bertz CT molecular complexity index is 570. The third-order valence-electron chi connectivity index (χ3n) is 3.51. The van der Waals surface area contributed by atoms with Gasteiger partial charge in [-0.1, -0.05) is 18.2 Å². The molecule has 19 heavy (non-hydrogen) atoms. The van der Waals surface area contributed by atoms with E-state index in [0.29, 0.717) is 6.61 Å². The van der Waals surface area contributed by atoms with Crippen molar-refractivity contribution in [2.45, 2.75) is 18.4 Å². The minimum atomic E-state index is -0.0746. The number of benzene rings is 1. The van der Waals surface area contributed by atoms with Crippen LogP contribution in [0.25, 0.3) is 0 Å². The third-order valence-corrected chi connectivity index (χ3v) is 4.17. The molecule has 2 aromatic rings. The monoisotopic (exact) mass is 322 g/mol. The molecule has 0 spiro atoms. The lowest BCUT2D eigenvalue weighted by atomic mass is 9.86. The average molecular weight is 323 g/mol. The number of halogens is 1. The van der Waals surface area contributed by atoms with Gasteiger partial charge in [0.2, 0.25) is 0 Å². The van der Waals surface area contributed by atoms with Crippen LogP contribution in [0.1, 0.15) is 29.7 Å². The summed E-state index contributed by atoms with van der Waals surface area (Å²) < 4.78 is 12.2. The van der Waals surface area contributed by atoms with E-state index in [0.717, 1.165) is 22.4 Å². The largest absolute Gasteiger partial charge is 0.493 e. The first-order valence-corrected chi connectivity index (χ1v) is 7.01. The number of fused-ring (bicyclic) bond motifs is 1. The Morgan fingerprint density at radius 1 is 1.32 bits per heavy atom. The van der Waals surface area contributed by atoms with E-state index in [1.165, 1.54) is 5.56 Å². The summed E-state index contributed by atoms with van der Waals surface area (Å²) in [5.74, 6) is 7.74. The van der Waals surface area contributed by atoms with Crippen molar-refractivity contribution in [3.05, 3.63) is 52.4 Å². The fourth-order valence-corrected chi connectivity index (χ4v) is 3.07. The Morgan fingerprint density at radius 2 is 2.16 bits per heavy atom. The van der Waals surface area contributed by atoms with E-state index in [1.807, 2.05) is 24.3 Å². The zero-order chi connectivity index (χ0) is 13.2. The first-order valence-electron chi connectivity index (χ1n) is 6.22. The Balaban J connectivity index is 2.00. The molecule has 0 radical (unpaired) electrons. The number of hydrazine groups is 1. The van der Waals surface area contributed by atoms with E-state index >= 15 is 0 Å². The summed E-state index contributed by atoms with van der Waals surface area (Å²) in [7, 11) is 0. The normalized spacial score (nSPS) is 19.6. The number of hydrogen-bond acceptors (Lipinski definition) is 4. The van der Waals surface area contributed by atoms with Crippen molar-refractivity contribution >= 4 is 15.9 Å². The first kappa shape index (κ1) is 12.7. The number of nitrogens with one attached hydrogen (secondary N) is 1. The fraction of sp³-hybridized carbons (Fsp3) is 0.286. The average Bonchev–Trinajstić information content (AvgIpc) is 2.86. The van der Waals surface area contributed by atoms with Crippen molar-refractivity contribution < 1.29 is 9.15 Å². The van der Waals surface area contributed by atoms with Gasteiger partial charge in [0.15, 0.2) is 0 Å². The van der Waals surface area contributed by atoms with Gasteiger partial charge in [-0.3, -0.25) is 5.84 Å². The topological polar surface area (TPSA) is 60.4 Å². The summed E-state index contributed by atoms with van der Waals surface area (Å²) in [5, 5.41) is 0. The molecule has 4 nitrogen and oxygen atoms in total. The number of ether oxygens (including phenoxy) is 1. The maximum Gasteiger partial charge on any atom is 0.136 e. The molecule has 5 heteroatoms. The molecule has 0 fully saturated rings. The summed E-state index contributed by atoms with van der Waals surface area (Å²) >= 11 is 3.49. The van der Waals surface area contributed by atoms with Crippen LogP contribution in [0.3, 0.4) is 0 Å². The van der Waals surface area contributed by atoms with Crippen LogP contribution < -0.4 is 16.0 Å². The van der Waals surface area contributed by atoms with Crippen LogP contribution in [0.15, 0.2) is 45.5 Å². The van der Waals surface area contributed by atoms with Gasteiger partial charge in [0.25, 0.3) is 0 Å². The minimum Gasteiger partial charge on any atom is -0.493 e. The molecule has 100 valence electrons. The van der Waals surface area contributed by atoms with Gasteiger partial charge < -0.3 is 9.15 Å². The van der Waals surface area contributed by atoms with Crippen molar-refractivity contribution in [3.8, 4) is 5.75 Å². The smallest absolute Gasteiger partial charge is 0.136 e. The van der Waals surface area contributed by atoms with E-state index in [-0.39, 0.29) is 12.0 Å². The molecule has 0 bridgehead atoms. The lowest BCUT2D eigenvalue weighted by Gasteiger charge is -2.31. The molecular weight excluding hydrogens is 308 g/mol. The number of hydrogen-bond donors (Lipinski definition) is 2. The van der Waals surface area contributed by atoms with Crippen LogP contribution in [-0.4, -0.2) is 6.61 Å². The molecule has 2 atom stereocenters. The highest BCUT2D eigenvalue weighted by molar-refractivity contribution is 9.10. The van der Waals surface area contributed by atoms with E-state index in [1.54, 1.807) is 6.26 Å². The highest BCUT2D eigenvalue weighted by Gasteiger charge is 2.32. The number of rotatable bonds is 3. The number of furan rings is 1. The van der Waals surface area contributed by atoms with Crippen LogP contribution in [0.5, 0.6) is 5.75 Å². The molecule has 0 amide bonds. The Morgan fingerprint density at radius 3 is 2.89 bits per heavy atom. The molecule has 1 aliphatic rings. The van der Waals surface area contributed by atoms with Gasteiger partial charge >= 0.3 is 0 Å². The highest BCUT2D eigenvalue weighted by atomic mass is 79.9. The zero-order valence-electron chi connectivity index (χ0n) is 10.3. The number of para-hydroxylation sites is 1. The van der Waals surface area contributed by atoms with Crippen LogP contribution in [0.2, 0.25) is 0 Å². The maximum absolute atomic E-state index is 5.75. The van der Waals surface area contributed by atoms with E-state index < -0.39 is 0 Å². The summed E-state index contributed by atoms with van der Waals surface area (Å²) in [6, 6.07) is 9.88. The molecule has 1 aromatic heterocycles. The summed E-state index contributed by atoms with van der Waals surface area (Å²) in [6.45, 7) is 0.693. The molecular formula is C14H15BrN2O2. The van der Waals surface area contributed by atoms with Crippen molar-refractivity contribution in [2.75, 3.05) is 6.61 Å². The zero-order valence-corrected chi connectivity index (χ0v) is 11.9. The van der Waals surface area contributed by atoms with Crippen LogP contribution in [0, 0.1) is 0 Å². The molecule has 1 aliphatic heterocycles. The quantitative estimate of drug-likeness (QED) is 0.673. The second kappa shape index (κ2) is 5.36. The van der Waals surface area contributed by atoms with Crippen molar-refractivity contribution in [2.24, 2.45) is 5.84 Å². The fourth-order valence-electron chi connectivity index (χ4n) is 2.62. The van der Waals surface area contributed by atoms with Gasteiger partial charge in [-0.25, -0.2) is 5.43 Å². The lowest BCUT2D eigenvalue weighted by molar-refractivity contribution is 0.236. The van der Waals surface area contributed by atoms with Crippen molar-refractivity contribution in [1.82, 2.24) is 5.43 Å². The van der Waals surface area contributed by atoms with Crippen LogP contribution in [-0.2, 0) is 0 Å². The summed E-state index contributed by atoms with van der Waals surface area (Å²) in [4.78, 5) is 0. The second-order valence-electron chi connectivity index (χ2n) is 4.56. The molecule has 3 N–H and O–H groups in total. The minimum absolute atomic E-state index is 0.0746. The molecule has 2 unspecified atom stereocenters. The van der Waals surface area contributed by atoms with E-state index in [2.05, 4.69) is 27.4 Å². The summed E-state index contributed by atoms with van der Waals surface area (Å²) in [6.07, 6.45) is 2.56. The Hall–Kier alpha value is -1.30. The molecule has 0 aliphatic carbocycles. The molecule has 2 heterocycles. The van der Waals surface area contributed by atoms with Gasteiger partial charge in [0, 0.05) is 5.92 Å². The Labute approximate surface area is 120 Å². The molecule has 0 saturated carbocycles. The van der Waals surface area contributed by atoms with Gasteiger partial charge in [-0.2, -0.15) is 0 Å². The maximum atomic E-state index is 5.75. The van der Waals surface area contributed by atoms with E-state index in [4.69, 9.17) is 15.0 Å². The molecule has 3 rings (SSSR count). The standard InChI is InChI=1S/C14H15BrN2O2/c15-11-6-8-19-14(11)13(17-16)10-5-7-18-12-4-2-1-3-9(10)12/h1-4,6,8,10,13,17H,5,7,16H2. The van der Waals surface area contributed by atoms with Crippen LogP contribution in [0.4, 0.5) is 0 Å². The Kier molecular flexibility index (Phi) is 3.59. The lowest BCUT2D eigenvalue weighted by Crippen LogP contribution is -2.34. The highest BCUT2D eigenvalue weighted by Crippen LogP contribution is 2.42. The SMILES string of the molecule is NNC(c1occc1Br)C1CCOc2ccccc21. The number of nitrogens with two attached hydrogens (primary N) is 1. The van der Waals surface area contributed by atoms with Gasteiger partial charge in [-0.05, 0) is 40.0 Å². The van der Waals surface area contributed by atoms with Crippen molar-refractivity contribution in [3.63, 3.8) is 0 Å². The van der Waals surface area contributed by atoms with Crippen molar-refractivity contribution in [1.29, 1.82) is 0 Å². The predicted octanol–water partition coefficient (Wildman–Crippen LogP) is 3.11. The van der Waals surface area contributed by atoms with E-state index in [9.17, 15) is 0 Å². The van der Waals surface area contributed by atoms with Gasteiger partial charge in [0.05, 0.1) is 23.4 Å². The van der Waals surface area contributed by atoms with Gasteiger partial charge in [-0.15, -0.1) is 0 Å². The predicted molar refractivity (Wildman–Crippen MR) is 75.8 cm³/mol.